The molecule has 30 heavy (non-hydrogen) atoms. The van der Waals surface area contributed by atoms with E-state index in [2.05, 4.69) is 19.2 Å². The lowest BCUT2D eigenvalue weighted by molar-refractivity contribution is -0.385. The third-order valence-corrected chi connectivity index (χ3v) is 5.16. The van der Waals surface area contributed by atoms with Crippen molar-refractivity contribution in [3.63, 3.8) is 0 Å². The summed E-state index contributed by atoms with van der Waals surface area (Å²) >= 11 is 0. The van der Waals surface area contributed by atoms with E-state index in [1.165, 1.54) is 0 Å². The Morgan fingerprint density at radius 1 is 1.30 bits per heavy atom. The molecule has 0 radical (unpaired) electrons. The van der Waals surface area contributed by atoms with Gasteiger partial charge in [0.25, 0.3) is 5.69 Å². The molecule has 0 spiro atoms. The van der Waals surface area contributed by atoms with E-state index in [0.717, 1.165) is 30.4 Å². The summed E-state index contributed by atoms with van der Waals surface area (Å²) in [6.07, 6.45) is 1.95. The standard InChI is InChI=1S/C22H32N2O6/c1-7-29-19(25)17(23-20(26)30-21(2,3)4)12-15-11-14-9-8-10-22(5,6)16(14)13-18(15)24(27)28/h11,13,17H,7-10,12H2,1-6H3,(H,23,26). The molecular weight excluding hydrogens is 388 g/mol. The highest BCUT2D eigenvalue weighted by Crippen LogP contribution is 2.40. The SMILES string of the molecule is CCOC(=O)C(Cc1cc2c(cc1[N+](=O)[O-])C(C)(C)CCC2)NC(=O)OC(C)(C)C. The lowest BCUT2D eigenvalue weighted by Gasteiger charge is -2.32. The zero-order valence-electron chi connectivity index (χ0n) is 18.7. The molecule has 1 atom stereocenters. The van der Waals surface area contributed by atoms with Crippen molar-refractivity contribution in [1.82, 2.24) is 5.32 Å². The Kier molecular flexibility index (Phi) is 7.10. The molecule has 1 unspecified atom stereocenters. The quantitative estimate of drug-likeness (QED) is 0.420. The Hall–Kier alpha value is -2.64. The molecule has 1 aliphatic carbocycles. The maximum absolute atomic E-state index is 12.5. The van der Waals surface area contributed by atoms with Gasteiger partial charge in [0.2, 0.25) is 0 Å². The van der Waals surface area contributed by atoms with E-state index in [4.69, 9.17) is 9.47 Å². The number of nitrogens with zero attached hydrogens (tertiary/aromatic N) is 1. The molecule has 0 bridgehead atoms. The maximum atomic E-state index is 12.5. The predicted octanol–water partition coefficient (Wildman–Crippen LogP) is 4.21. The van der Waals surface area contributed by atoms with Crippen LogP contribution >= 0.6 is 0 Å². The second-order valence-corrected chi connectivity index (χ2v) is 9.29. The number of ether oxygens (including phenoxy) is 2. The van der Waals surface area contributed by atoms with Crippen LogP contribution < -0.4 is 5.32 Å². The van der Waals surface area contributed by atoms with Crippen LogP contribution in [0.1, 0.15) is 71.1 Å². The van der Waals surface area contributed by atoms with Crippen LogP contribution in [-0.4, -0.2) is 35.2 Å². The number of carbonyl (C=O) groups is 2. The smallest absolute Gasteiger partial charge is 0.408 e. The van der Waals surface area contributed by atoms with Crippen molar-refractivity contribution in [3.05, 3.63) is 38.9 Å². The monoisotopic (exact) mass is 420 g/mol. The Morgan fingerprint density at radius 2 is 1.97 bits per heavy atom. The Bertz CT molecular complexity index is 826. The summed E-state index contributed by atoms with van der Waals surface area (Å²) < 4.78 is 10.3. The molecule has 166 valence electrons. The zero-order valence-corrected chi connectivity index (χ0v) is 18.7. The number of hydrogen-bond acceptors (Lipinski definition) is 6. The van der Waals surface area contributed by atoms with Gasteiger partial charge in [0, 0.05) is 18.1 Å². The second-order valence-electron chi connectivity index (χ2n) is 9.29. The first-order valence-corrected chi connectivity index (χ1v) is 10.3. The summed E-state index contributed by atoms with van der Waals surface area (Å²) in [6.45, 7) is 11.1. The fourth-order valence-electron chi connectivity index (χ4n) is 3.82. The molecule has 1 amide bonds. The fourth-order valence-corrected chi connectivity index (χ4v) is 3.82. The van der Waals surface area contributed by atoms with E-state index < -0.39 is 28.6 Å². The van der Waals surface area contributed by atoms with Gasteiger partial charge in [-0.1, -0.05) is 13.8 Å². The molecule has 1 aromatic rings. The van der Waals surface area contributed by atoms with Gasteiger partial charge in [-0.3, -0.25) is 10.1 Å². The van der Waals surface area contributed by atoms with Crippen molar-refractivity contribution in [1.29, 1.82) is 0 Å². The summed E-state index contributed by atoms with van der Waals surface area (Å²) in [5.74, 6) is -0.657. The number of nitro groups is 1. The minimum Gasteiger partial charge on any atom is -0.464 e. The van der Waals surface area contributed by atoms with E-state index in [9.17, 15) is 19.7 Å². The third-order valence-electron chi connectivity index (χ3n) is 5.16. The number of rotatable bonds is 6. The van der Waals surface area contributed by atoms with Crippen LogP contribution in [0.3, 0.4) is 0 Å². The Labute approximate surface area is 177 Å². The van der Waals surface area contributed by atoms with E-state index in [1.54, 1.807) is 39.8 Å². The van der Waals surface area contributed by atoms with E-state index in [-0.39, 0.29) is 24.1 Å². The topological polar surface area (TPSA) is 108 Å². The van der Waals surface area contributed by atoms with E-state index in [0.29, 0.717) is 5.56 Å². The molecule has 0 aromatic heterocycles. The number of benzene rings is 1. The van der Waals surface area contributed by atoms with Crippen molar-refractivity contribution >= 4 is 17.7 Å². The Balaban J connectivity index is 2.39. The highest BCUT2D eigenvalue weighted by molar-refractivity contribution is 5.82. The van der Waals surface area contributed by atoms with Crippen molar-refractivity contribution in [3.8, 4) is 0 Å². The third kappa shape index (κ3) is 5.93. The lowest BCUT2D eigenvalue weighted by atomic mass is 9.72. The van der Waals surface area contributed by atoms with Crippen molar-refractivity contribution in [2.45, 2.75) is 84.3 Å². The van der Waals surface area contributed by atoms with Gasteiger partial charge >= 0.3 is 12.1 Å². The highest BCUT2D eigenvalue weighted by Gasteiger charge is 2.33. The first-order chi connectivity index (χ1) is 13.8. The molecule has 0 saturated carbocycles. The highest BCUT2D eigenvalue weighted by atomic mass is 16.6. The van der Waals surface area contributed by atoms with E-state index >= 15 is 0 Å². The molecule has 0 fully saturated rings. The van der Waals surface area contributed by atoms with Gasteiger partial charge in [-0.15, -0.1) is 0 Å². The van der Waals surface area contributed by atoms with Crippen LogP contribution in [0.25, 0.3) is 0 Å². The van der Waals surface area contributed by atoms with Crippen LogP contribution in [0.4, 0.5) is 10.5 Å². The predicted molar refractivity (Wildman–Crippen MR) is 113 cm³/mol. The molecular formula is C22H32N2O6. The normalized spacial score (nSPS) is 16.2. The largest absolute Gasteiger partial charge is 0.464 e. The van der Waals surface area contributed by atoms with Gasteiger partial charge in [0.05, 0.1) is 11.5 Å². The molecule has 1 N–H and O–H groups in total. The molecule has 1 aromatic carbocycles. The van der Waals surface area contributed by atoms with Gasteiger partial charge in [-0.2, -0.15) is 0 Å². The second kappa shape index (κ2) is 9.02. The van der Waals surface area contributed by atoms with Crippen molar-refractivity contribution in [2.75, 3.05) is 6.61 Å². The fraction of sp³-hybridized carbons (Fsp3) is 0.636. The number of alkyl carbamates (subject to hydrolysis) is 1. The number of esters is 1. The molecule has 0 heterocycles. The maximum Gasteiger partial charge on any atom is 0.408 e. The number of fused-ring (bicyclic) bond motifs is 1. The number of hydrogen-bond donors (Lipinski definition) is 1. The lowest BCUT2D eigenvalue weighted by Crippen LogP contribution is -2.45. The number of carbonyl (C=O) groups excluding carboxylic acids is 2. The summed E-state index contributed by atoms with van der Waals surface area (Å²) in [7, 11) is 0. The van der Waals surface area contributed by atoms with Crippen LogP contribution in [0.15, 0.2) is 12.1 Å². The van der Waals surface area contributed by atoms with Crippen LogP contribution in [0, 0.1) is 10.1 Å². The number of nitro benzene ring substituents is 1. The van der Waals surface area contributed by atoms with Gasteiger partial charge in [-0.05, 0) is 69.6 Å². The number of nitrogens with one attached hydrogen (secondary N) is 1. The molecule has 2 rings (SSSR count). The molecule has 0 saturated heterocycles. The minimum atomic E-state index is -1.09. The average Bonchev–Trinajstić information content (AvgIpc) is 2.58. The first kappa shape index (κ1) is 23.6. The van der Waals surface area contributed by atoms with Gasteiger partial charge < -0.3 is 14.8 Å². The average molecular weight is 421 g/mol. The molecule has 1 aliphatic rings. The first-order valence-electron chi connectivity index (χ1n) is 10.3. The number of aryl methyl sites for hydroxylation is 1. The molecule has 8 heteroatoms. The summed E-state index contributed by atoms with van der Waals surface area (Å²) in [4.78, 5) is 36.0. The van der Waals surface area contributed by atoms with Gasteiger partial charge in [0.15, 0.2) is 0 Å². The van der Waals surface area contributed by atoms with Gasteiger partial charge in [-0.25, -0.2) is 9.59 Å². The Morgan fingerprint density at radius 3 is 2.53 bits per heavy atom. The van der Waals surface area contributed by atoms with Gasteiger partial charge in [0.1, 0.15) is 11.6 Å². The molecule has 8 nitrogen and oxygen atoms in total. The summed E-state index contributed by atoms with van der Waals surface area (Å²) in [5, 5.41) is 14.3. The van der Waals surface area contributed by atoms with Crippen LogP contribution in [0.5, 0.6) is 0 Å². The van der Waals surface area contributed by atoms with Crippen molar-refractivity contribution in [2.24, 2.45) is 0 Å². The summed E-state index contributed by atoms with van der Waals surface area (Å²) in [6, 6.07) is 2.34. The number of amides is 1. The molecule has 0 aliphatic heterocycles. The van der Waals surface area contributed by atoms with E-state index in [1.807, 2.05) is 0 Å². The zero-order chi connectivity index (χ0) is 22.7. The minimum absolute atomic E-state index is 0.0518. The van der Waals surface area contributed by atoms with Crippen molar-refractivity contribution < 1.29 is 24.0 Å². The summed E-state index contributed by atoms with van der Waals surface area (Å²) in [5.41, 5.74) is 1.47. The van der Waals surface area contributed by atoms with Crippen LogP contribution in [-0.2, 0) is 32.5 Å². The van der Waals surface area contributed by atoms with Crippen LogP contribution in [0.2, 0.25) is 0 Å².